The molecule has 2 bridgehead atoms. The summed E-state index contributed by atoms with van der Waals surface area (Å²) in [5, 5.41) is 0. The summed E-state index contributed by atoms with van der Waals surface area (Å²) < 4.78 is 0. The van der Waals surface area contributed by atoms with Crippen molar-refractivity contribution in [2.45, 2.75) is 24.9 Å². The van der Waals surface area contributed by atoms with Crippen LogP contribution < -0.4 is 5.73 Å². The number of likely N-dealkylation sites (tertiary alicyclic amines) is 1. The largest absolute Gasteiger partial charge is 0.327 e. The molecular formula is C7H14N2. The van der Waals surface area contributed by atoms with Crippen molar-refractivity contribution in [3.05, 3.63) is 0 Å². The zero-order valence-electron chi connectivity index (χ0n) is 5.88. The SMILES string of the molecule is CN1C[C@@H]2C[C@H]1CC2N. The molecule has 1 aliphatic carbocycles. The lowest BCUT2D eigenvalue weighted by Gasteiger charge is -2.25. The highest BCUT2D eigenvalue weighted by Crippen LogP contribution is 2.35. The van der Waals surface area contributed by atoms with E-state index in [9.17, 15) is 0 Å². The fraction of sp³-hybridized carbons (Fsp3) is 1.00. The lowest BCUT2D eigenvalue weighted by atomic mass is 10.1. The normalized spacial score (nSPS) is 50.7. The van der Waals surface area contributed by atoms with Gasteiger partial charge in [0.05, 0.1) is 0 Å². The van der Waals surface area contributed by atoms with Crippen molar-refractivity contribution in [3.63, 3.8) is 0 Å². The number of piperidine rings is 1. The highest BCUT2D eigenvalue weighted by Gasteiger charge is 2.40. The van der Waals surface area contributed by atoms with Gasteiger partial charge >= 0.3 is 0 Å². The summed E-state index contributed by atoms with van der Waals surface area (Å²) >= 11 is 0. The number of rotatable bonds is 0. The topological polar surface area (TPSA) is 29.3 Å². The Balaban J connectivity index is 2.10. The van der Waals surface area contributed by atoms with Crippen LogP contribution in [0.2, 0.25) is 0 Å². The van der Waals surface area contributed by atoms with E-state index in [4.69, 9.17) is 5.73 Å². The number of nitrogens with two attached hydrogens (primary N) is 1. The van der Waals surface area contributed by atoms with E-state index in [2.05, 4.69) is 11.9 Å². The predicted octanol–water partition coefficient (Wildman–Crippen LogP) is 0.0377. The monoisotopic (exact) mass is 126 g/mol. The second-order valence-electron chi connectivity index (χ2n) is 3.49. The molecule has 0 aromatic heterocycles. The van der Waals surface area contributed by atoms with Crippen LogP contribution in [0.4, 0.5) is 0 Å². The summed E-state index contributed by atoms with van der Waals surface area (Å²) in [4.78, 5) is 2.44. The molecular weight excluding hydrogens is 112 g/mol. The van der Waals surface area contributed by atoms with Crippen LogP contribution >= 0.6 is 0 Å². The molecule has 1 unspecified atom stereocenters. The zero-order chi connectivity index (χ0) is 6.43. The molecule has 2 heteroatoms. The second kappa shape index (κ2) is 1.70. The minimum atomic E-state index is 0.520. The van der Waals surface area contributed by atoms with E-state index >= 15 is 0 Å². The third-order valence-corrected chi connectivity index (χ3v) is 2.87. The molecule has 2 N–H and O–H groups in total. The van der Waals surface area contributed by atoms with Gasteiger partial charge in [-0.3, -0.25) is 0 Å². The standard InChI is InChI=1S/C7H14N2/c1-9-4-5-2-6(9)3-7(5)8/h5-7H,2-4,8H2,1H3/t5-,6-,7?/m0/s1. The number of fused-ring (bicyclic) bond motifs is 2. The average molecular weight is 126 g/mol. The van der Waals surface area contributed by atoms with Gasteiger partial charge in [0.25, 0.3) is 0 Å². The van der Waals surface area contributed by atoms with Crippen molar-refractivity contribution >= 4 is 0 Å². The van der Waals surface area contributed by atoms with E-state index in [0.717, 1.165) is 12.0 Å². The van der Waals surface area contributed by atoms with Crippen molar-refractivity contribution in [2.24, 2.45) is 11.7 Å². The van der Waals surface area contributed by atoms with Gasteiger partial charge in [0.1, 0.15) is 0 Å². The number of hydrogen-bond acceptors (Lipinski definition) is 2. The maximum Gasteiger partial charge on any atom is 0.0111 e. The summed E-state index contributed by atoms with van der Waals surface area (Å²) in [6.45, 7) is 1.24. The third kappa shape index (κ3) is 0.700. The molecule has 9 heavy (non-hydrogen) atoms. The van der Waals surface area contributed by atoms with E-state index in [1.807, 2.05) is 0 Å². The molecule has 0 aromatic rings. The van der Waals surface area contributed by atoms with Crippen molar-refractivity contribution in [2.75, 3.05) is 13.6 Å². The highest BCUT2D eigenvalue weighted by atomic mass is 15.2. The van der Waals surface area contributed by atoms with Crippen molar-refractivity contribution in [1.29, 1.82) is 0 Å². The Labute approximate surface area is 56.0 Å². The molecule has 52 valence electrons. The molecule has 1 saturated heterocycles. The molecule has 0 spiro atoms. The summed E-state index contributed by atoms with van der Waals surface area (Å²) in [6, 6.07) is 1.34. The van der Waals surface area contributed by atoms with Gasteiger partial charge in [-0.1, -0.05) is 0 Å². The van der Waals surface area contributed by atoms with Gasteiger partial charge in [0.2, 0.25) is 0 Å². The molecule has 0 radical (unpaired) electrons. The molecule has 2 rings (SSSR count). The van der Waals surface area contributed by atoms with Gasteiger partial charge in [0.15, 0.2) is 0 Å². The van der Waals surface area contributed by atoms with Crippen LogP contribution in [0.3, 0.4) is 0 Å². The Morgan fingerprint density at radius 2 is 2.22 bits per heavy atom. The Hall–Kier alpha value is -0.0800. The molecule has 1 saturated carbocycles. The van der Waals surface area contributed by atoms with Crippen molar-refractivity contribution < 1.29 is 0 Å². The van der Waals surface area contributed by atoms with Gasteiger partial charge in [-0.2, -0.15) is 0 Å². The lowest BCUT2D eigenvalue weighted by molar-refractivity contribution is 0.243. The first-order valence-corrected chi connectivity index (χ1v) is 3.73. The summed E-state index contributed by atoms with van der Waals surface area (Å²) in [6.07, 6.45) is 2.60. The zero-order valence-corrected chi connectivity index (χ0v) is 5.88. The summed E-state index contributed by atoms with van der Waals surface area (Å²) in [5.41, 5.74) is 5.86. The molecule has 0 aromatic carbocycles. The first-order chi connectivity index (χ1) is 4.27. The Morgan fingerprint density at radius 1 is 1.44 bits per heavy atom. The fourth-order valence-electron chi connectivity index (χ4n) is 2.22. The molecule has 1 heterocycles. The maximum atomic E-state index is 5.86. The molecule has 3 atom stereocenters. The summed E-state index contributed by atoms with van der Waals surface area (Å²) in [5.74, 6) is 0.819. The van der Waals surface area contributed by atoms with Crippen molar-refractivity contribution in [1.82, 2.24) is 4.90 Å². The minimum Gasteiger partial charge on any atom is -0.327 e. The van der Waals surface area contributed by atoms with E-state index in [0.29, 0.717) is 6.04 Å². The van der Waals surface area contributed by atoms with Crippen LogP contribution in [0.15, 0.2) is 0 Å². The van der Waals surface area contributed by atoms with Gasteiger partial charge in [0, 0.05) is 18.6 Å². The van der Waals surface area contributed by atoms with E-state index in [1.54, 1.807) is 0 Å². The van der Waals surface area contributed by atoms with Crippen LogP contribution in [0.25, 0.3) is 0 Å². The Kier molecular flexibility index (Phi) is 1.08. The van der Waals surface area contributed by atoms with Gasteiger partial charge in [-0.05, 0) is 25.8 Å². The van der Waals surface area contributed by atoms with Crippen LogP contribution in [0, 0.1) is 5.92 Å². The molecule has 2 aliphatic rings. The van der Waals surface area contributed by atoms with Gasteiger partial charge < -0.3 is 10.6 Å². The van der Waals surface area contributed by atoms with E-state index in [1.165, 1.54) is 19.4 Å². The third-order valence-electron chi connectivity index (χ3n) is 2.87. The first-order valence-electron chi connectivity index (χ1n) is 3.73. The van der Waals surface area contributed by atoms with Crippen molar-refractivity contribution in [3.8, 4) is 0 Å². The highest BCUT2D eigenvalue weighted by molar-refractivity contribution is 4.97. The molecule has 1 aliphatic heterocycles. The molecule has 0 amide bonds. The summed E-state index contributed by atoms with van der Waals surface area (Å²) in [7, 11) is 2.20. The van der Waals surface area contributed by atoms with Gasteiger partial charge in [-0.25, -0.2) is 0 Å². The first kappa shape index (κ1) is 5.69. The maximum absolute atomic E-state index is 5.86. The second-order valence-corrected chi connectivity index (χ2v) is 3.49. The van der Waals surface area contributed by atoms with Crippen LogP contribution in [0.5, 0.6) is 0 Å². The molecule has 2 nitrogen and oxygen atoms in total. The van der Waals surface area contributed by atoms with Crippen LogP contribution in [-0.4, -0.2) is 30.6 Å². The fourth-order valence-corrected chi connectivity index (χ4v) is 2.22. The lowest BCUT2D eigenvalue weighted by Crippen LogP contribution is -2.38. The smallest absolute Gasteiger partial charge is 0.0111 e. The average Bonchev–Trinajstić information content (AvgIpc) is 2.24. The minimum absolute atomic E-state index is 0.520. The van der Waals surface area contributed by atoms with E-state index in [-0.39, 0.29) is 0 Å². The van der Waals surface area contributed by atoms with Gasteiger partial charge in [-0.15, -0.1) is 0 Å². The number of hydrogen-bond donors (Lipinski definition) is 1. The van der Waals surface area contributed by atoms with E-state index < -0.39 is 0 Å². The van der Waals surface area contributed by atoms with Crippen LogP contribution in [0.1, 0.15) is 12.8 Å². The predicted molar refractivity (Wildman–Crippen MR) is 37.1 cm³/mol. The quantitative estimate of drug-likeness (QED) is 0.496. The Morgan fingerprint density at radius 3 is 2.56 bits per heavy atom. The van der Waals surface area contributed by atoms with Crippen LogP contribution in [-0.2, 0) is 0 Å². The number of nitrogens with zero attached hydrogens (tertiary/aromatic N) is 1. The Bertz CT molecular complexity index is 106. The molecule has 2 fully saturated rings.